The highest BCUT2D eigenvalue weighted by Gasteiger charge is 2.49. The molecule has 0 radical (unpaired) electrons. The van der Waals surface area contributed by atoms with Crippen LogP contribution in [-0.2, 0) is 0 Å². The highest BCUT2D eigenvalue weighted by Crippen LogP contribution is 2.52. The minimum Gasteiger partial charge on any atom is -0.295 e. The normalized spacial score (nSPS) is 47.4. The summed E-state index contributed by atoms with van der Waals surface area (Å²) in [5.41, 5.74) is 0.403. The predicted molar refractivity (Wildman–Crippen MR) is 59.2 cm³/mol. The third-order valence-electron chi connectivity index (χ3n) is 4.85. The van der Waals surface area contributed by atoms with Crippen molar-refractivity contribution in [1.29, 1.82) is 0 Å². The van der Waals surface area contributed by atoms with E-state index < -0.39 is 0 Å². The van der Waals surface area contributed by atoms with Crippen molar-refractivity contribution in [1.82, 2.24) is 4.90 Å². The summed E-state index contributed by atoms with van der Waals surface area (Å²) in [7, 11) is 0. The second kappa shape index (κ2) is 2.75. The van der Waals surface area contributed by atoms with Crippen molar-refractivity contribution in [3.05, 3.63) is 0 Å². The molecule has 3 bridgehead atoms. The topological polar surface area (TPSA) is 3.24 Å². The quantitative estimate of drug-likeness (QED) is 0.572. The summed E-state index contributed by atoms with van der Waals surface area (Å²) >= 11 is 0. The molecule has 4 atom stereocenters. The molecule has 0 N–H and O–H groups in total. The average molecular weight is 193 g/mol. The number of piperidine rings is 1. The van der Waals surface area contributed by atoms with E-state index in [1.54, 1.807) is 12.8 Å². The van der Waals surface area contributed by atoms with Gasteiger partial charge in [0.05, 0.1) is 0 Å². The van der Waals surface area contributed by atoms with Crippen LogP contribution in [-0.4, -0.2) is 23.0 Å². The fraction of sp³-hybridized carbons (Fsp3) is 1.00. The molecule has 3 fully saturated rings. The second-order valence-electron chi connectivity index (χ2n) is 6.81. The van der Waals surface area contributed by atoms with Crippen LogP contribution in [0, 0.1) is 17.8 Å². The van der Waals surface area contributed by atoms with Crippen molar-refractivity contribution < 1.29 is 0 Å². The van der Waals surface area contributed by atoms with Gasteiger partial charge >= 0.3 is 0 Å². The van der Waals surface area contributed by atoms with Gasteiger partial charge in [-0.1, -0.05) is 0 Å². The third kappa shape index (κ3) is 1.25. The summed E-state index contributed by atoms with van der Waals surface area (Å²) in [5, 5.41) is 0. The fourth-order valence-electron chi connectivity index (χ4n) is 4.35. The van der Waals surface area contributed by atoms with Gasteiger partial charge in [-0.3, -0.25) is 4.90 Å². The molecule has 1 heteroatoms. The number of fused-ring (bicyclic) bond motifs is 2. The van der Waals surface area contributed by atoms with Crippen LogP contribution >= 0.6 is 0 Å². The van der Waals surface area contributed by atoms with E-state index in [1.165, 1.54) is 19.4 Å². The maximum absolute atomic E-state index is 2.80. The Labute approximate surface area is 87.9 Å². The first-order valence-electron chi connectivity index (χ1n) is 6.31. The first kappa shape index (κ1) is 9.21. The molecule has 0 aromatic heterocycles. The summed E-state index contributed by atoms with van der Waals surface area (Å²) in [6.07, 6.45) is 6.13. The molecule has 3 aliphatic rings. The van der Waals surface area contributed by atoms with E-state index in [2.05, 4.69) is 25.7 Å². The number of rotatable bonds is 0. The molecule has 2 saturated carbocycles. The molecular formula is C13H23N. The maximum Gasteiger partial charge on any atom is 0.0128 e. The zero-order chi connectivity index (χ0) is 9.92. The predicted octanol–water partition coefficient (Wildman–Crippen LogP) is 2.91. The molecule has 1 aliphatic heterocycles. The Hall–Kier alpha value is -0.0400. The third-order valence-corrected chi connectivity index (χ3v) is 4.85. The van der Waals surface area contributed by atoms with Gasteiger partial charge in [0.15, 0.2) is 0 Å². The standard InChI is InChI=1S/C13H23N/c1-13(2,3)14-8-11-5-9-4-10(11)7-12(14)6-9/h9-12H,4-8H2,1-3H3. The van der Waals surface area contributed by atoms with Crippen LogP contribution in [0.3, 0.4) is 0 Å². The minimum absolute atomic E-state index is 0.403. The Bertz CT molecular complexity index is 238. The molecule has 1 nitrogen and oxygen atoms in total. The van der Waals surface area contributed by atoms with E-state index in [-0.39, 0.29) is 0 Å². The van der Waals surface area contributed by atoms with E-state index in [4.69, 9.17) is 0 Å². The van der Waals surface area contributed by atoms with E-state index in [9.17, 15) is 0 Å². The van der Waals surface area contributed by atoms with E-state index in [0.717, 1.165) is 23.8 Å². The highest BCUT2D eigenvalue weighted by molar-refractivity contribution is 5.02. The van der Waals surface area contributed by atoms with Crippen LogP contribution in [0.4, 0.5) is 0 Å². The van der Waals surface area contributed by atoms with Gasteiger partial charge in [-0.05, 0) is 64.2 Å². The van der Waals surface area contributed by atoms with E-state index in [0.29, 0.717) is 5.54 Å². The van der Waals surface area contributed by atoms with E-state index in [1.807, 2.05) is 0 Å². The molecule has 0 aromatic rings. The molecule has 14 heavy (non-hydrogen) atoms. The lowest BCUT2D eigenvalue weighted by atomic mass is 9.78. The van der Waals surface area contributed by atoms with Crippen molar-refractivity contribution in [3.8, 4) is 0 Å². The van der Waals surface area contributed by atoms with Crippen molar-refractivity contribution in [2.24, 2.45) is 17.8 Å². The van der Waals surface area contributed by atoms with Gasteiger partial charge in [-0.2, -0.15) is 0 Å². The molecule has 1 saturated heterocycles. The Balaban J connectivity index is 1.86. The van der Waals surface area contributed by atoms with Crippen LogP contribution in [0.5, 0.6) is 0 Å². The molecule has 0 amide bonds. The van der Waals surface area contributed by atoms with Crippen LogP contribution in [0.1, 0.15) is 46.5 Å². The molecule has 4 unspecified atom stereocenters. The molecule has 0 spiro atoms. The monoisotopic (exact) mass is 193 g/mol. The first-order valence-corrected chi connectivity index (χ1v) is 6.31. The van der Waals surface area contributed by atoms with Crippen molar-refractivity contribution in [3.63, 3.8) is 0 Å². The van der Waals surface area contributed by atoms with Crippen LogP contribution in [0.25, 0.3) is 0 Å². The number of hydrogen-bond acceptors (Lipinski definition) is 1. The summed E-state index contributed by atoms with van der Waals surface area (Å²) in [6.45, 7) is 8.56. The Morgan fingerprint density at radius 2 is 1.64 bits per heavy atom. The minimum atomic E-state index is 0.403. The van der Waals surface area contributed by atoms with Gasteiger partial charge in [0.2, 0.25) is 0 Å². The van der Waals surface area contributed by atoms with Gasteiger partial charge in [0.25, 0.3) is 0 Å². The first-order chi connectivity index (χ1) is 6.54. The zero-order valence-electron chi connectivity index (χ0n) is 9.79. The van der Waals surface area contributed by atoms with Crippen molar-refractivity contribution in [2.75, 3.05) is 6.54 Å². The van der Waals surface area contributed by atoms with Gasteiger partial charge < -0.3 is 0 Å². The van der Waals surface area contributed by atoms with Crippen molar-refractivity contribution >= 4 is 0 Å². The fourth-order valence-corrected chi connectivity index (χ4v) is 4.35. The summed E-state index contributed by atoms with van der Waals surface area (Å²) in [4.78, 5) is 2.80. The molecule has 80 valence electrons. The highest BCUT2D eigenvalue weighted by atomic mass is 15.2. The van der Waals surface area contributed by atoms with Crippen molar-refractivity contribution in [2.45, 2.75) is 58.0 Å². The zero-order valence-corrected chi connectivity index (χ0v) is 9.79. The smallest absolute Gasteiger partial charge is 0.0128 e. The summed E-state index contributed by atoms with van der Waals surface area (Å²) in [5.74, 6) is 3.26. The van der Waals surface area contributed by atoms with E-state index >= 15 is 0 Å². The Kier molecular flexibility index (Phi) is 1.81. The number of nitrogens with zero attached hydrogens (tertiary/aromatic N) is 1. The Morgan fingerprint density at radius 3 is 2.36 bits per heavy atom. The number of hydrogen-bond donors (Lipinski definition) is 0. The number of likely N-dealkylation sites (tertiary alicyclic amines) is 1. The van der Waals surface area contributed by atoms with Crippen LogP contribution in [0.15, 0.2) is 0 Å². The second-order valence-corrected chi connectivity index (χ2v) is 6.81. The van der Waals surface area contributed by atoms with Gasteiger partial charge in [0, 0.05) is 18.1 Å². The molecule has 3 rings (SSSR count). The molecular weight excluding hydrogens is 170 g/mol. The van der Waals surface area contributed by atoms with Gasteiger partial charge in [0.1, 0.15) is 0 Å². The maximum atomic E-state index is 2.80. The summed E-state index contributed by atoms with van der Waals surface area (Å²) in [6, 6.07) is 0.928. The largest absolute Gasteiger partial charge is 0.295 e. The average Bonchev–Trinajstić information content (AvgIpc) is 2.24. The molecule has 1 heterocycles. The molecule has 0 aromatic carbocycles. The van der Waals surface area contributed by atoms with Crippen LogP contribution in [0.2, 0.25) is 0 Å². The lowest BCUT2D eigenvalue weighted by Gasteiger charge is -2.49. The van der Waals surface area contributed by atoms with Gasteiger partial charge in [-0.15, -0.1) is 0 Å². The van der Waals surface area contributed by atoms with Gasteiger partial charge in [-0.25, -0.2) is 0 Å². The lowest BCUT2D eigenvalue weighted by Crippen LogP contribution is -2.54. The summed E-state index contributed by atoms with van der Waals surface area (Å²) < 4.78 is 0. The lowest BCUT2D eigenvalue weighted by molar-refractivity contribution is -0.00293. The Morgan fingerprint density at radius 1 is 0.929 bits per heavy atom. The van der Waals surface area contributed by atoms with Crippen LogP contribution < -0.4 is 0 Å². The SMILES string of the molecule is CC(C)(C)N1CC2CC3CC2CC1C3. The molecule has 2 aliphatic carbocycles.